The first kappa shape index (κ1) is 14.5. The fourth-order valence-electron chi connectivity index (χ4n) is 2.61. The maximum Gasteiger partial charge on any atom is 0.249 e. The Labute approximate surface area is 119 Å². The van der Waals surface area contributed by atoms with E-state index in [0.29, 0.717) is 19.4 Å². The summed E-state index contributed by atoms with van der Waals surface area (Å²) < 4.78 is 0. The minimum atomic E-state index is -0.758. The first-order valence-electron chi connectivity index (χ1n) is 7.06. The summed E-state index contributed by atoms with van der Waals surface area (Å²) in [5, 5.41) is 2.90. The van der Waals surface area contributed by atoms with Crippen LogP contribution in [0.2, 0.25) is 0 Å². The van der Waals surface area contributed by atoms with E-state index in [2.05, 4.69) is 10.3 Å². The molecule has 1 aromatic heterocycles. The first-order valence-corrected chi connectivity index (χ1v) is 7.06. The van der Waals surface area contributed by atoms with E-state index >= 15 is 0 Å². The summed E-state index contributed by atoms with van der Waals surface area (Å²) in [6.45, 7) is 6.04. The van der Waals surface area contributed by atoms with Crippen molar-refractivity contribution in [1.82, 2.24) is 15.2 Å². The molecule has 1 fully saturated rings. The van der Waals surface area contributed by atoms with Gasteiger partial charge in [-0.05, 0) is 31.4 Å². The van der Waals surface area contributed by atoms with Crippen molar-refractivity contribution >= 4 is 11.8 Å². The smallest absolute Gasteiger partial charge is 0.249 e. The van der Waals surface area contributed by atoms with Gasteiger partial charge in [0.1, 0.15) is 11.6 Å². The molecule has 20 heavy (non-hydrogen) atoms. The molecule has 2 amide bonds. The van der Waals surface area contributed by atoms with Gasteiger partial charge in [-0.25, -0.2) is 0 Å². The highest BCUT2D eigenvalue weighted by atomic mass is 16.2. The molecule has 0 saturated carbocycles. The monoisotopic (exact) mass is 275 g/mol. The molecule has 0 spiro atoms. The predicted octanol–water partition coefficient (Wildman–Crippen LogP) is 1.49. The van der Waals surface area contributed by atoms with Crippen molar-refractivity contribution in [2.24, 2.45) is 0 Å². The molecule has 2 heterocycles. The van der Waals surface area contributed by atoms with Crippen LogP contribution in [0.5, 0.6) is 0 Å². The maximum absolute atomic E-state index is 12.8. The molecule has 108 valence electrons. The Balaban J connectivity index is 2.29. The third kappa shape index (κ3) is 2.40. The second kappa shape index (κ2) is 5.61. The van der Waals surface area contributed by atoms with E-state index in [-0.39, 0.29) is 11.8 Å². The molecule has 0 aliphatic carbocycles. The molecule has 0 radical (unpaired) electrons. The second-order valence-corrected chi connectivity index (χ2v) is 5.25. The average molecular weight is 275 g/mol. The van der Waals surface area contributed by atoms with Crippen LogP contribution in [-0.2, 0) is 16.1 Å². The average Bonchev–Trinajstić information content (AvgIpc) is 2.48. The van der Waals surface area contributed by atoms with Gasteiger partial charge < -0.3 is 10.2 Å². The van der Waals surface area contributed by atoms with Gasteiger partial charge in [0, 0.05) is 18.9 Å². The summed E-state index contributed by atoms with van der Waals surface area (Å²) in [7, 11) is 0. The van der Waals surface area contributed by atoms with Gasteiger partial charge in [-0.3, -0.25) is 14.6 Å². The van der Waals surface area contributed by atoms with E-state index in [4.69, 9.17) is 0 Å². The van der Waals surface area contributed by atoms with E-state index in [0.717, 1.165) is 5.56 Å². The predicted molar refractivity (Wildman–Crippen MR) is 75.7 cm³/mol. The van der Waals surface area contributed by atoms with E-state index in [1.807, 2.05) is 26.0 Å². The van der Waals surface area contributed by atoms with Crippen molar-refractivity contribution in [1.29, 1.82) is 0 Å². The number of rotatable bonds is 4. The highest BCUT2D eigenvalue weighted by molar-refractivity contribution is 5.99. The van der Waals surface area contributed by atoms with Crippen molar-refractivity contribution in [3.05, 3.63) is 30.1 Å². The number of hydrogen-bond acceptors (Lipinski definition) is 3. The van der Waals surface area contributed by atoms with E-state index in [9.17, 15) is 9.59 Å². The number of carbonyl (C=O) groups excluding carboxylic acids is 2. The van der Waals surface area contributed by atoms with E-state index < -0.39 is 11.6 Å². The Bertz CT molecular complexity index is 497. The van der Waals surface area contributed by atoms with Gasteiger partial charge in [-0.1, -0.05) is 19.9 Å². The molecule has 5 nitrogen and oxygen atoms in total. The first-order chi connectivity index (χ1) is 9.54. The molecular formula is C15H21N3O2. The Kier molecular flexibility index (Phi) is 4.06. The van der Waals surface area contributed by atoms with Crippen LogP contribution >= 0.6 is 0 Å². The SMILES string of the molecule is CCC1(CC)NC(=O)C(C)N(Cc2cccnc2)C1=O. The Hall–Kier alpha value is -1.91. The van der Waals surface area contributed by atoms with Crippen LogP contribution in [-0.4, -0.2) is 33.3 Å². The van der Waals surface area contributed by atoms with Crippen molar-refractivity contribution in [3.63, 3.8) is 0 Å². The van der Waals surface area contributed by atoms with Gasteiger partial charge in [0.05, 0.1) is 0 Å². The minimum absolute atomic E-state index is 0.00143. The van der Waals surface area contributed by atoms with Gasteiger partial charge in [0.25, 0.3) is 0 Å². The molecule has 5 heteroatoms. The molecule has 2 rings (SSSR count). The highest BCUT2D eigenvalue weighted by Crippen LogP contribution is 2.26. The number of carbonyl (C=O) groups is 2. The van der Waals surface area contributed by atoms with Gasteiger partial charge in [0.2, 0.25) is 11.8 Å². The van der Waals surface area contributed by atoms with Crippen molar-refractivity contribution in [3.8, 4) is 0 Å². The third-order valence-electron chi connectivity index (χ3n) is 4.16. The number of piperazine rings is 1. The van der Waals surface area contributed by atoms with E-state index in [1.165, 1.54) is 0 Å². The van der Waals surface area contributed by atoms with Crippen molar-refractivity contribution in [2.45, 2.75) is 51.7 Å². The lowest BCUT2D eigenvalue weighted by Gasteiger charge is -2.44. The molecule has 0 bridgehead atoms. The van der Waals surface area contributed by atoms with Crippen LogP contribution in [0.25, 0.3) is 0 Å². The third-order valence-corrected chi connectivity index (χ3v) is 4.16. The molecule has 1 N–H and O–H groups in total. The van der Waals surface area contributed by atoms with Crippen LogP contribution in [0.4, 0.5) is 0 Å². The zero-order chi connectivity index (χ0) is 14.8. The topological polar surface area (TPSA) is 62.3 Å². The lowest BCUT2D eigenvalue weighted by atomic mass is 9.87. The lowest BCUT2D eigenvalue weighted by molar-refractivity contribution is -0.155. The fraction of sp³-hybridized carbons (Fsp3) is 0.533. The van der Waals surface area contributed by atoms with Crippen molar-refractivity contribution in [2.75, 3.05) is 0 Å². The van der Waals surface area contributed by atoms with Crippen LogP contribution in [0.1, 0.15) is 39.2 Å². The molecule has 1 aromatic rings. The zero-order valence-corrected chi connectivity index (χ0v) is 12.2. The Morgan fingerprint density at radius 1 is 1.35 bits per heavy atom. The van der Waals surface area contributed by atoms with Crippen LogP contribution in [0.15, 0.2) is 24.5 Å². The van der Waals surface area contributed by atoms with Crippen molar-refractivity contribution < 1.29 is 9.59 Å². The van der Waals surface area contributed by atoms with Gasteiger partial charge in [0.15, 0.2) is 0 Å². The normalized spacial score (nSPS) is 21.8. The number of nitrogens with zero attached hydrogens (tertiary/aromatic N) is 2. The van der Waals surface area contributed by atoms with Crippen LogP contribution in [0.3, 0.4) is 0 Å². The lowest BCUT2D eigenvalue weighted by Crippen LogP contribution is -2.69. The zero-order valence-electron chi connectivity index (χ0n) is 12.2. The second-order valence-electron chi connectivity index (χ2n) is 5.25. The molecule has 0 aromatic carbocycles. The van der Waals surface area contributed by atoms with E-state index in [1.54, 1.807) is 24.2 Å². The molecule has 1 aliphatic rings. The number of amides is 2. The van der Waals surface area contributed by atoms with Gasteiger partial charge >= 0.3 is 0 Å². The van der Waals surface area contributed by atoms with Crippen LogP contribution < -0.4 is 5.32 Å². The minimum Gasteiger partial charge on any atom is -0.340 e. The maximum atomic E-state index is 12.8. The molecular weight excluding hydrogens is 254 g/mol. The number of pyridine rings is 1. The fourth-order valence-corrected chi connectivity index (χ4v) is 2.61. The molecule has 1 unspecified atom stereocenters. The highest BCUT2D eigenvalue weighted by Gasteiger charge is 2.47. The van der Waals surface area contributed by atoms with Gasteiger partial charge in [-0.2, -0.15) is 0 Å². The number of aromatic nitrogens is 1. The molecule has 1 atom stereocenters. The Morgan fingerprint density at radius 3 is 2.60 bits per heavy atom. The largest absolute Gasteiger partial charge is 0.340 e. The summed E-state index contributed by atoms with van der Waals surface area (Å²) in [6.07, 6.45) is 4.63. The number of nitrogens with one attached hydrogen (secondary N) is 1. The summed E-state index contributed by atoms with van der Waals surface area (Å²) in [6, 6.07) is 3.30. The summed E-state index contributed by atoms with van der Waals surface area (Å²) in [5.41, 5.74) is 0.176. The van der Waals surface area contributed by atoms with Gasteiger partial charge in [-0.15, -0.1) is 0 Å². The van der Waals surface area contributed by atoms with Crippen LogP contribution in [0, 0.1) is 0 Å². The molecule has 1 saturated heterocycles. The summed E-state index contributed by atoms with van der Waals surface area (Å²) >= 11 is 0. The number of hydrogen-bond donors (Lipinski definition) is 1. The standard InChI is InChI=1S/C15H21N3O2/c1-4-15(5-2)14(20)18(11(3)13(19)17-15)10-12-7-6-8-16-9-12/h6-9,11H,4-5,10H2,1-3H3,(H,17,19). The summed E-state index contributed by atoms with van der Waals surface area (Å²) in [5.74, 6) is -0.0874. The molecule has 1 aliphatic heterocycles. The quantitative estimate of drug-likeness (QED) is 0.905. The Morgan fingerprint density at radius 2 is 2.05 bits per heavy atom. The summed E-state index contributed by atoms with van der Waals surface area (Å²) in [4.78, 5) is 30.6.